The number of nitrogens with one attached hydrogen (secondary N) is 1. The van der Waals surface area contributed by atoms with Gasteiger partial charge in [0.2, 0.25) is 5.91 Å². The van der Waals surface area contributed by atoms with E-state index in [0.717, 1.165) is 0 Å². The van der Waals surface area contributed by atoms with Gasteiger partial charge in [-0.15, -0.1) is 0 Å². The van der Waals surface area contributed by atoms with E-state index in [9.17, 15) is 9.59 Å². The molecule has 1 aromatic carbocycles. The van der Waals surface area contributed by atoms with E-state index < -0.39 is 18.0 Å². The summed E-state index contributed by atoms with van der Waals surface area (Å²) in [5.74, 6) is 0.109. The van der Waals surface area contributed by atoms with E-state index in [4.69, 9.17) is 14.0 Å². The van der Waals surface area contributed by atoms with Crippen LogP contribution in [0.2, 0.25) is 0 Å². The van der Waals surface area contributed by atoms with Gasteiger partial charge >= 0.3 is 5.97 Å². The predicted octanol–water partition coefficient (Wildman–Crippen LogP) is 3.22. The normalized spacial score (nSPS) is 19.9. The monoisotopic (exact) mass is 358 g/mol. The van der Waals surface area contributed by atoms with Gasteiger partial charge in [-0.2, -0.15) is 0 Å². The molecule has 1 fully saturated rings. The van der Waals surface area contributed by atoms with Crippen molar-refractivity contribution in [1.29, 1.82) is 0 Å². The number of ether oxygens (including phenoxy) is 2. The number of hydrogen-bond acceptors (Lipinski definition) is 6. The molecule has 7 heteroatoms. The largest absolute Gasteiger partial charge is 0.496 e. The van der Waals surface area contributed by atoms with Gasteiger partial charge in [0, 0.05) is 17.0 Å². The first-order chi connectivity index (χ1) is 12.3. The summed E-state index contributed by atoms with van der Waals surface area (Å²) in [6.07, 6.45) is -0.703. The molecule has 0 bridgehead atoms. The fourth-order valence-corrected chi connectivity index (χ4v) is 2.88. The fourth-order valence-electron chi connectivity index (χ4n) is 2.88. The Morgan fingerprint density at radius 3 is 2.69 bits per heavy atom. The van der Waals surface area contributed by atoms with Crippen molar-refractivity contribution in [2.75, 3.05) is 12.4 Å². The molecule has 3 rings (SSSR count). The molecule has 0 unspecified atom stereocenters. The molecule has 1 N–H and O–H groups in total. The van der Waals surface area contributed by atoms with E-state index in [1.165, 1.54) is 7.11 Å². The quantitative estimate of drug-likeness (QED) is 0.844. The maximum absolute atomic E-state index is 12.7. The van der Waals surface area contributed by atoms with Crippen molar-refractivity contribution < 1.29 is 23.6 Å². The number of carbonyl (C=O) groups is 2. The zero-order valence-electron chi connectivity index (χ0n) is 15.2. The summed E-state index contributed by atoms with van der Waals surface area (Å²) in [7, 11) is 1.54. The van der Waals surface area contributed by atoms with E-state index in [0.29, 0.717) is 22.9 Å². The van der Waals surface area contributed by atoms with Crippen molar-refractivity contribution in [2.24, 2.45) is 5.92 Å². The topological polar surface area (TPSA) is 90.7 Å². The molecule has 2 heterocycles. The highest BCUT2D eigenvalue weighted by Gasteiger charge is 2.42. The number of carbonyl (C=O) groups excluding carboxylic acids is 2. The van der Waals surface area contributed by atoms with Gasteiger partial charge in [0.1, 0.15) is 17.6 Å². The number of nitrogens with zero attached hydrogens (tertiary/aromatic N) is 1. The number of methoxy groups -OCH3 is 1. The molecule has 2 aromatic rings. The summed E-state index contributed by atoms with van der Waals surface area (Å²) >= 11 is 0. The van der Waals surface area contributed by atoms with Crippen LogP contribution in [-0.2, 0) is 19.7 Å². The standard InChI is InChI=1S/C19H22N2O5/c1-19(2,3)14-10-15(21-26-14)20-18(23)12-9-16(22)25-17(12)11-7-5-6-8-13(11)24-4/h5-8,10,12,17H,9H2,1-4H3,(H,20,21,23)/t12-,17+/m0/s1. The lowest BCUT2D eigenvalue weighted by molar-refractivity contribution is -0.141. The van der Waals surface area contributed by atoms with Gasteiger partial charge in [-0.3, -0.25) is 9.59 Å². The van der Waals surface area contributed by atoms with E-state index in [2.05, 4.69) is 10.5 Å². The van der Waals surface area contributed by atoms with Crippen LogP contribution >= 0.6 is 0 Å². The van der Waals surface area contributed by atoms with Crippen LogP contribution in [0.3, 0.4) is 0 Å². The van der Waals surface area contributed by atoms with Crippen LogP contribution in [-0.4, -0.2) is 24.1 Å². The number of anilines is 1. The van der Waals surface area contributed by atoms with Crippen LogP contribution in [0.15, 0.2) is 34.9 Å². The average Bonchev–Trinajstić information content (AvgIpc) is 3.21. The van der Waals surface area contributed by atoms with Crippen LogP contribution in [0.4, 0.5) is 5.82 Å². The van der Waals surface area contributed by atoms with Crippen LogP contribution < -0.4 is 10.1 Å². The third-order valence-electron chi connectivity index (χ3n) is 4.29. The molecule has 26 heavy (non-hydrogen) atoms. The highest BCUT2D eigenvalue weighted by atomic mass is 16.6. The number of esters is 1. The molecule has 1 saturated heterocycles. The Morgan fingerprint density at radius 2 is 2.04 bits per heavy atom. The maximum Gasteiger partial charge on any atom is 0.307 e. The van der Waals surface area contributed by atoms with E-state index in [1.807, 2.05) is 32.9 Å². The lowest BCUT2D eigenvalue weighted by Crippen LogP contribution is -2.25. The van der Waals surface area contributed by atoms with E-state index in [1.54, 1.807) is 18.2 Å². The van der Waals surface area contributed by atoms with E-state index in [-0.39, 0.29) is 17.7 Å². The van der Waals surface area contributed by atoms with Gasteiger partial charge in [0.05, 0.1) is 19.4 Å². The average molecular weight is 358 g/mol. The number of hydrogen-bond donors (Lipinski definition) is 1. The third kappa shape index (κ3) is 3.56. The van der Waals surface area contributed by atoms with Gasteiger partial charge in [-0.25, -0.2) is 0 Å². The Hall–Kier alpha value is -2.83. The summed E-state index contributed by atoms with van der Waals surface area (Å²) < 4.78 is 16.0. The zero-order chi connectivity index (χ0) is 18.9. The molecule has 0 saturated carbocycles. The second-order valence-electron chi connectivity index (χ2n) is 7.28. The van der Waals surface area contributed by atoms with E-state index >= 15 is 0 Å². The van der Waals surface area contributed by atoms with Gasteiger partial charge in [0.25, 0.3) is 0 Å². The SMILES string of the molecule is COc1ccccc1[C@H]1OC(=O)C[C@@H]1C(=O)Nc1cc(C(C)(C)C)on1. The second-order valence-corrected chi connectivity index (χ2v) is 7.28. The molecule has 1 aliphatic heterocycles. The molecule has 1 amide bonds. The zero-order valence-corrected chi connectivity index (χ0v) is 15.2. The maximum atomic E-state index is 12.7. The van der Waals surface area contributed by atoms with Crippen molar-refractivity contribution in [3.63, 3.8) is 0 Å². The van der Waals surface area contributed by atoms with Crippen molar-refractivity contribution in [2.45, 2.75) is 38.7 Å². The molecule has 1 aliphatic rings. The number of benzene rings is 1. The minimum Gasteiger partial charge on any atom is -0.496 e. The Balaban J connectivity index is 1.81. The summed E-state index contributed by atoms with van der Waals surface area (Å²) in [5.41, 5.74) is 0.444. The van der Waals surface area contributed by atoms with Crippen molar-refractivity contribution in [1.82, 2.24) is 5.16 Å². The first-order valence-electron chi connectivity index (χ1n) is 8.40. The molecule has 0 spiro atoms. The summed E-state index contributed by atoms with van der Waals surface area (Å²) in [6, 6.07) is 8.87. The highest BCUT2D eigenvalue weighted by Crippen LogP contribution is 2.40. The molecule has 7 nitrogen and oxygen atoms in total. The molecule has 0 radical (unpaired) electrons. The van der Waals surface area contributed by atoms with Crippen LogP contribution in [0.5, 0.6) is 5.75 Å². The lowest BCUT2D eigenvalue weighted by atomic mass is 9.93. The van der Waals surface area contributed by atoms with Gasteiger partial charge in [0.15, 0.2) is 5.82 Å². The first-order valence-corrected chi connectivity index (χ1v) is 8.40. The Labute approximate surface area is 151 Å². The minimum absolute atomic E-state index is 0.00146. The lowest BCUT2D eigenvalue weighted by Gasteiger charge is -2.19. The Kier molecular flexibility index (Phi) is 4.71. The summed E-state index contributed by atoms with van der Waals surface area (Å²) in [6.45, 7) is 5.96. The highest BCUT2D eigenvalue weighted by molar-refractivity contribution is 5.95. The third-order valence-corrected chi connectivity index (χ3v) is 4.29. The van der Waals surface area contributed by atoms with Crippen LogP contribution in [0.25, 0.3) is 0 Å². The van der Waals surface area contributed by atoms with Crippen LogP contribution in [0, 0.1) is 5.92 Å². The second kappa shape index (κ2) is 6.82. The number of cyclic esters (lactones) is 1. The van der Waals surface area contributed by atoms with Gasteiger partial charge in [-0.05, 0) is 6.07 Å². The molecule has 2 atom stereocenters. The number of amides is 1. The molecular formula is C19H22N2O5. The Bertz CT molecular complexity index is 821. The number of aromatic nitrogens is 1. The van der Waals surface area contributed by atoms with Crippen molar-refractivity contribution in [3.8, 4) is 5.75 Å². The molecule has 138 valence electrons. The summed E-state index contributed by atoms with van der Waals surface area (Å²) in [5, 5.41) is 6.60. The smallest absolute Gasteiger partial charge is 0.307 e. The predicted molar refractivity (Wildman–Crippen MR) is 93.8 cm³/mol. The molecule has 0 aliphatic carbocycles. The van der Waals surface area contributed by atoms with Gasteiger partial charge in [-0.1, -0.05) is 44.1 Å². The number of rotatable bonds is 4. The van der Waals surface area contributed by atoms with Crippen LogP contribution in [0.1, 0.15) is 44.6 Å². The summed E-state index contributed by atoms with van der Waals surface area (Å²) in [4.78, 5) is 24.6. The van der Waals surface area contributed by atoms with Crippen molar-refractivity contribution in [3.05, 3.63) is 41.7 Å². The number of para-hydroxylation sites is 1. The van der Waals surface area contributed by atoms with Gasteiger partial charge < -0.3 is 19.3 Å². The Morgan fingerprint density at radius 1 is 1.31 bits per heavy atom. The minimum atomic E-state index is -0.701. The fraction of sp³-hybridized carbons (Fsp3) is 0.421. The molecule has 1 aromatic heterocycles. The van der Waals surface area contributed by atoms with Crippen molar-refractivity contribution >= 4 is 17.7 Å². The molecular weight excluding hydrogens is 336 g/mol. The first kappa shape index (κ1) is 18.0.